The minimum absolute atomic E-state index is 0.327. The van der Waals surface area contributed by atoms with Gasteiger partial charge < -0.3 is 5.32 Å². The van der Waals surface area contributed by atoms with Crippen molar-refractivity contribution in [2.24, 2.45) is 5.41 Å². The number of halogens is 1. The van der Waals surface area contributed by atoms with Crippen molar-refractivity contribution in [3.63, 3.8) is 0 Å². The molecule has 0 spiro atoms. The summed E-state index contributed by atoms with van der Waals surface area (Å²) in [5.41, 5.74) is 0.327. The van der Waals surface area contributed by atoms with Gasteiger partial charge in [-0.2, -0.15) is 0 Å². The second-order valence-corrected chi connectivity index (χ2v) is 5.68. The summed E-state index contributed by atoms with van der Waals surface area (Å²) in [5.74, 6) is 0.791. The molecule has 0 aromatic heterocycles. The van der Waals surface area contributed by atoms with E-state index >= 15 is 0 Å². The molecule has 0 aromatic carbocycles. The van der Waals surface area contributed by atoms with Crippen LogP contribution in [0.2, 0.25) is 0 Å². The smallest absolute Gasteiger partial charge is 0.0291 e. The second kappa shape index (κ2) is 7.55. The summed E-state index contributed by atoms with van der Waals surface area (Å²) in [6.45, 7) is 5.63. The van der Waals surface area contributed by atoms with Crippen LogP contribution in [0.3, 0.4) is 0 Å². The molecule has 1 fully saturated rings. The topological polar surface area (TPSA) is 12.0 Å². The highest BCUT2D eigenvalue weighted by Gasteiger charge is 2.26. The molecular formula is C14H28ClN. The van der Waals surface area contributed by atoms with Crippen molar-refractivity contribution in [1.82, 2.24) is 5.32 Å². The maximum Gasteiger partial charge on any atom is 0.0291 e. The van der Waals surface area contributed by atoms with Crippen molar-refractivity contribution >= 4 is 11.6 Å². The first-order valence-electron chi connectivity index (χ1n) is 7.05. The van der Waals surface area contributed by atoms with E-state index in [1.54, 1.807) is 0 Å². The lowest BCUT2D eigenvalue weighted by atomic mass is 9.84. The molecule has 1 N–H and O–H groups in total. The van der Waals surface area contributed by atoms with Crippen molar-refractivity contribution in [3.8, 4) is 0 Å². The van der Waals surface area contributed by atoms with E-state index in [2.05, 4.69) is 19.2 Å². The van der Waals surface area contributed by atoms with E-state index in [1.807, 2.05) is 0 Å². The molecule has 0 aliphatic heterocycles. The van der Waals surface area contributed by atoms with Crippen molar-refractivity contribution in [2.75, 3.05) is 12.4 Å². The summed E-state index contributed by atoms with van der Waals surface area (Å²) in [4.78, 5) is 0. The maximum absolute atomic E-state index is 6.13. The Hall–Kier alpha value is 0.250. The molecule has 0 unspecified atom stereocenters. The number of alkyl halides is 1. The van der Waals surface area contributed by atoms with Crippen LogP contribution in [0.4, 0.5) is 0 Å². The number of rotatable bonds is 6. The van der Waals surface area contributed by atoms with Crippen molar-refractivity contribution in [3.05, 3.63) is 0 Å². The fraction of sp³-hybridized carbons (Fsp3) is 1.00. The SMILES string of the molecule is CCC(CC)(CCl)CNC1CCCCCC1. The highest BCUT2D eigenvalue weighted by molar-refractivity contribution is 6.18. The lowest BCUT2D eigenvalue weighted by molar-refractivity contribution is 0.265. The average Bonchev–Trinajstić information content (AvgIpc) is 2.60. The van der Waals surface area contributed by atoms with Crippen molar-refractivity contribution in [2.45, 2.75) is 71.3 Å². The molecule has 0 amide bonds. The zero-order valence-electron chi connectivity index (χ0n) is 11.0. The first-order chi connectivity index (χ1) is 7.76. The Labute approximate surface area is 106 Å². The van der Waals surface area contributed by atoms with Crippen molar-refractivity contribution in [1.29, 1.82) is 0 Å². The molecule has 1 aliphatic carbocycles. The molecule has 1 nitrogen and oxygen atoms in total. The zero-order valence-corrected chi connectivity index (χ0v) is 11.8. The van der Waals surface area contributed by atoms with Gasteiger partial charge >= 0.3 is 0 Å². The van der Waals surface area contributed by atoms with Crippen LogP contribution in [0.5, 0.6) is 0 Å². The van der Waals surface area contributed by atoms with Crippen LogP contribution in [-0.4, -0.2) is 18.5 Å². The molecule has 0 radical (unpaired) electrons. The Morgan fingerprint density at radius 2 is 1.62 bits per heavy atom. The summed E-state index contributed by atoms with van der Waals surface area (Å²) in [6.07, 6.45) is 10.8. The van der Waals surface area contributed by atoms with Gasteiger partial charge in [0.2, 0.25) is 0 Å². The van der Waals surface area contributed by atoms with E-state index in [0.29, 0.717) is 5.41 Å². The van der Waals surface area contributed by atoms with E-state index in [1.165, 1.54) is 51.4 Å². The van der Waals surface area contributed by atoms with Gasteiger partial charge in [0.1, 0.15) is 0 Å². The van der Waals surface area contributed by atoms with Crippen LogP contribution in [0.1, 0.15) is 65.2 Å². The summed E-state index contributed by atoms with van der Waals surface area (Å²) in [6, 6.07) is 0.753. The fourth-order valence-corrected chi connectivity index (χ4v) is 3.05. The van der Waals surface area contributed by atoms with Crippen LogP contribution in [0, 0.1) is 5.41 Å². The summed E-state index contributed by atoms with van der Waals surface area (Å²) >= 11 is 6.13. The lowest BCUT2D eigenvalue weighted by Gasteiger charge is -2.31. The van der Waals surface area contributed by atoms with Gasteiger partial charge in [-0.3, -0.25) is 0 Å². The molecule has 96 valence electrons. The molecular weight excluding hydrogens is 218 g/mol. The molecule has 0 atom stereocenters. The molecule has 0 bridgehead atoms. The highest BCUT2D eigenvalue weighted by atomic mass is 35.5. The van der Waals surface area contributed by atoms with Crippen molar-refractivity contribution < 1.29 is 0 Å². The third-order valence-electron chi connectivity index (χ3n) is 4.40. The molecule has 0 heterocycles. The van der Waals surface area contributed by atoms with Gasteiger partial charge in [-0.1, -0.05) is 39.5 Å². The zero-order chi connectivity index (χ0) is 11.9. The Bertz CT molecular complexity index is 161. The standard InChI is InChI=1S/C14H28ClN/c1-3-14(4-2,11-15)12-16-13-9-7-5-6-8-10-13/h13,16H,3-12H2,1-2H3. The Morgan fingerprint density at radius 3 is 2.06 bits per heavy atom. The molecule has 0 aromatic rings. The maximum atomic E-state index is 6.13. The number of hydrogen-bond acceptors (Lipinski definition) is 1. The van der Waals surface area contributed by atoms with Gasteiger partial charge in [-0.05, 0) is 31.1 Å². The van der Waals surface area contributed by atoms with E-state index < -0.39 is 0 Å². The molecule has 1 saturated carbocycles. The quantitative estimate of drug-likeness (QED) is 0.542. The molecule has 16 heavy (non-hydrogen) atoms. The fourth-order valence-electron chi connectivity index (χ4n) is 2.58. The minimum atomic E-state index is 0.327. The van der Waals surface area contributed by atoms with Gasteiger partial charge in [0.05, 0.1) is 0 Å². The largest absolute Gasteiger partial charge is 0.313 e. The summed E-state index contributed by atoms with van der Waals surface area (Å²) in [7, 11) is 0. The minimum Gasteiger partial charge on any atom is -0.313 e. The molecule has 1 rings (SSSR count). The van der Waals surface area contributed by atoms with Gasteiger partial charge in [0, 0.05) is 18.5 Å². The van der Waals surface area contributed by atoms with E-state index in [0.717, 1.165) is 18.5 Å². The van der Waals surface area contributed by atoms with Gasteiger partial charge in [-0.15, -0.1) is 11.6 Å². The van der Waals surface area contributed by atoms with Gasteiger partial charge in [0.25, 0.3) is 0 Å². The molecule has 1 aliphatic rings. The van der Waals surface area contributed by atoms with E-state index in [9.17, 15) is 0 Å². The van der Waals surface area contributed by atoms with Crippen LogP contribution in [0.15, 0.2) is 0 Å². The predicted octanol–water partition coefficient (Wildman–Crippen LogP) is 4.34. The third-order valence-corrected chi connectivity index (χ3v) is 4.97. The Kier molecular flexibility index (Phi) is 6.75. The normalized spacial score (nSPS) is 19.7. The first-order valence-corrected chi connectivity index (χ1v) is 7.59. The Balaban J connectivity index is 2.35. The van der Waals surface area contributed by atoms with E-state index in [4.69, 9.17) is 11.6 Å². The number of hydrogen-bond donors (Lipinski definition) is 1. The predicted molar refractivity (Wildman–Crippen MR) is 73.2 cm³/mol. The van der Waals surface area contributed by atoms with Crippen LogP contribution in [0.25, 0.3) is 0 Å². The second-order valence-electron chi connectivity index (χ2n) is 5.41. The Morgan fingerprint density at radius 1 is 1.06 bits per heavy atom. The first kappa shape index (κ1) is 14.3. The molecule has 2 heteroatoms. The highest BCUT2D eigenvalue weighted by Crippen LogP contribution is 2.28. The number of nitrogens with one attached hydrogen (secondary N) is 1. The monoisotopic (exact) mass is 245 g/mol. The van der Waals surface area contributed by atoms with E-state index in [-0.39, 0.29) is 0 Å². The van der Waals surface area contributed by atoms with Crippen LogP contribution >= 0.6 is 11.6 Å². The molecule has 0 saturated heterocycles. The van der Waals surface area contributed by atoms with Crippen LogP contribution in [-0.2, 0) is 0 Å². The average molecular weight is 246 g/mol. The lowest BCUT2D eigenvalue weighted by Crippen LogP contribution is -2.40. The van der Waals surface area contributed by atoms with Crippen LogP contribution < -0.4 is 5.32 Å². The summed E-state index contributed by atoms with van der Waals surface area (Å²) < 4.78 is 0. The van der Waals surface area contributed by atoms with Gasteiger partial charge in [-0.25, -0.2) is 0 Å². The van der Waals surface area contributed by atoms with Gasteiger partial charge in [0.15, 0.2) is 0 Å². The summed E-state index contributed by atoms with van der Waals surface area (Å²) in [5, 5.41) is 3.77. The third kappa shape index (κ3) is 4.25.